The molecule has 1 amide bonds. The van der Waals surface area contributed by atoms with Crippen molar-refractivity contribution in [3.05, 3.63) is 64.7 Å². The molecule has 0 aliphatic heterocycles. The van der Waals surface area contributed by atoms with E-state index >= 15 is 0 Å². The predicted molar refractivity (Wildman–Crippen MR) is 108 cm³/mol. The van der Waals surface area contributed by atoms with Gasteiger partial charge in [-0.3, -0.25) is 14.9 Å². The number of para-hydroxylation sites is 2. The number of aromatic nitrogens is 3. The zero-order chi connectivity index (χ0) is 20.1. The van der Waals surface area contributed by atoms with E-state index in [4.69, 9.17) is 0 Å². The second-order valence-electron chi connectivity index (χ2n) is 5.94. The lowest BCUT2D eigenvalue weighted by molar-refractivity contribution is -0.383. The maximum Gasteiger partial charge on any atom is 0.292 e. The number of anilines is 1. The van der Waals surface area contributed by atoms with E-state index in [1.807, 2.05) is 41.8 Å². The van der Waals surface area contributed by atoms with Crippen molar-refractivity contribution in [2.24, 2.45) is 0 Å². The lowest BCUT2D eigenvalue weighted by atomic mass is 10.2. The van der Waals surface area contributed by atoms with E-state index in [2.05, 4.69) is 15.5 Å². The number of nitrogens with one attached hydrogen (secondary N) is 1. The van der Waals surface area contributed by atoms with Crippen LogP contribution in [-0.4, -0.2) is 30.8 Å². The van der Waals surface area contributed by atoms with Crippen LogP contribution in [0.2, 0.25) is 0 Å². The van der Waals surface area contributed by atoms with Gasteiger partial charge >= 0.3 is 0 Å². The van der Waals surface area contributed by atoms with Crippen LogP contribution in [0.25, 0.3) is 11.4 Å². The highest BCUT2D eigenvalue weighted by Crippen LogP contribution is 2.28. The highest BCUT2D eigenvalue weighted by atomic mass is 32.2. The van der Waals surface area contributed by atoms with Crippen molar-refractivity contribution in [3.8, 4) is 11.4 Å². The van der Waals surface area contributed by atoms with Crippen molar-refractivity contribution in [2.45, 2.75) is 30.8 Å². The number of benzene rings is 2. The number of carbonyl (C=O) groups excluding carboxylic acids is 1. The Labute approximate surface area is 166 Å². The fraction of sp³-hybridized carbons (Fsp3) is 0.211. The zero-order valence-corrected chi connectivity index (χ0v) is 16.2. The van der Waals surface area contributed by atoms with Crippen molar-refractivity contribution < 1.29 is 9.72 Å². The zero-order valence-electron chi connectivity index (χ0n) is 15.4. The monoisotopic (exact) mass is 397 g/mol. The summed E-state index contributed by atoms with van der Waals surface area (Å²) in [6.45, 7) is 4.36. The van der Waals surface area contributed by atoms with Gasteiger partial charge in [-0.15, -0.1) is 10.2 Å². The van der Waals surface area contributed by atoms with Crippen LogP contribution in [0.15, 0.2) is 59.8 Å². The van der Waals surface area contributed by atoms with Crippen LogP contribution in [0.5, 0.6) is 0 Å². The summed E-state index contributed by atoms with van der Waals surface area (Å²) >= 11 is 1.26. The van der Waals surface area contributed by atoms with E-state index in [0.717, 1.165) is 11.4 Å². The van der Waals surface area contributed by atoms with Gasteiger partial charge in [-0.05, 0) is 19.9 Å². The van der Waals surface area contributed by atoms with Gasteiger partial charge in [0.05, 0.1) is 10.2 Å². The molecule has 0 bridgehead atoms. The molecule has 0 saturated carbocycles. The molecule has 3 rings (SSSR count). The topological polar surface area (TPSA) is 103 Å². The summed E-state index contributed by atoms with van der Waals surface area (Å²) < 4.78 is 1.94. The van der Waals surface area contributed by atoms with Crippen LogP contribution in [-0.2, 0) is 11.3 Å². The molecule has 0 radical (unpaired) electrons. The average Bonchev–Trinajstić information content (AvgIpc) is 3.11. The lowest BCUT2D eigenvalue weighted by Gasteiger charge is -2.13. The number of hydrogen-bond acceptors (Lipinski definition) is 6. The van der Waals surface area contributed by atoms with Crippen LogP contribution in [0.1, 0.15) is 13.8 Å². The number of nitrogens with zero attached hydrogens (tertiary/aromatic N) is 4. The van der Waals surface area contributed by atoms with Crippen LogP contribution in [0.4, 0.5) is 11.4 Å². The highest BCUT2D eigenvalue weighted by Gasteiger charge is 2.22. The Bertz CT molecular complexity index is 990. The fourth-order valence-corrected chi connectivity index (χ4v) is 3.56. The fourth-order valence-electron chi connectivity index (χ4n) is 2.65. The number of hydrogen-bond donors (Lipinski definition) is 1. The first-order chi connectivity index (χ1) is 13.5. The lowest BCUT2D eigenvalue weighted by Crippen LogP contribution is -2.23. The molecule has 0 unspecified atom stereocenters. The Morgan fingerprint density at radius 2 is 1.86 bits per heavy atom. The summed E-state index contributed by atoms with van der Waals surface area (Å²) in [5, 5.41) is 22.3. The predicted octanol–water partition coefficient (Wildman–Crippen LogP) is 3.99. The van der Waals surface area contributed by atoms with E-state index in [1.54, 1.807) is 19.1 Å². The molecule has 1 atom stereocenters. The van der Waals surface area contributed by atoms with Crippen molar-refractivity contribution >= 4 is 29.0 Å². The molecule has 144 valence electrons. The first-order valence-corrected chi connectivity index (χ1v) is 9.58. The van der Waals surface area contributed by atoms with E-state index in [1.165, 1.54) is 23.9 Å². The molecule has 2 aromatic carbocycles. The van der Waals surface area contributed by atoms with Gasteiger partial charge in [-0.1, -0.05) is 54.2 Å². The van der Waals surface area contributed by atoms with Crippen LogP contribution in [0, 0.1) is 10.1 Å². The molecule has 0 fully saturated rings. The van der Waals surface area contributed by atoms with Gasteiger partial charge in [0.15, 0.2) is 11.0 Å². The standard InChI is InChI=1S/C19H19N5O3S/c1-3-23-17(14-9-5-4-6-10-14)21-22-19(23)28-13(2)18(25)20-15-11-7-8-12-16(15)24(26)27/h4-13H,3H2,1-2H3,(H,20,25)/t13-/m0/s1. The summed E-state index contributed by atoms with van der Waals surface area (Å²) in [7, 11) is 0. The minimum Gasteiger partial charge on any atom is -0.319 e. The van der Waals surface area contributed by atoms with Gasteiger partial charge in [0, 0.05) is 18.2 Å². The molecule has 9 heteroatoms. The molecule has 1 aromatic heterocycles. The first-order valence-electron chi connectivity index (χ1n) is 8.70. The number of nitro groups is 1. The third-order valence-corrected chi connectivity index (χ3v) is 5.16. The van der Waals surface area contributed by atoms with E-state index in [9.17, 15) is 14.9 Å². The second-order valence-corrected chi connectivity index (χ2v) is 7.25. The molecular weight excluding hydrogens is 378 g/mol. The van der Waals surface area contributed by atoms with Crippen LogP contribution < -0.4 is 5.32 Å². The SMILES string of the molecule is CCn1c(S[C@@H](C)C(=O)Nc2ccccc2[N+](=O)[O-])nnc1-c1ccccc1. The molecule has 0 aliphatic carbocycles. The molecule has 0 aliphatic rings. The normalized spacial score (nSPS) is 11.8. The molecule has 28 heavy (non-hydrogen) atoms. The van der Waals surface area contributed by atoms with E-state index < -0.39 is 10.2 Å². The number of thioether (sulfide) groups is 1. The third-order valence-electron chi connectivity index (χ3n) is 4.08. The van der Waals surface area contributed by atoms with E-state index in [-0.39, 0.29) is 17.3 Å². The summed E-state index contributed by atoms with van der Waals surface area (Å²) in [5.41, 5.74) is 0.976. The molecule has 1 N–H and O–H groups in total. The van der Waals surface area contributed by atoms with Crippen LogP contribution >= 0.6 is 11.8 Å². The maximum absolute atomic E-state index is 12.6. The van der Waals surface area contributed by atoms with Crippen molar-refractivity contribution in [1.29, 1.82) is 0 Å². The largest absolute Gasteiger partial charge is 0.319 e. The van der Waals surface area contributed by atoms with Gasteiger partial charge in [0.1, 0.15) is 5.69 Å². The van der Waals surface area contributed by atoms with Gasteiger partial charge in [-0.2, -0.15) is 0 Å². The Kier molecular flexibility index (Phi) is 6.05. The van der Waals surface area contributed by atoms with Gasteiger partial charge < -0.3 is 9.88 Å². The van der Waals surface area contributed by atoms with E-state index in [0.29, 0.717) is 11.7 Å². The third kappa shape index (κ3) is 4.20. The Morgan fingerprint density at radius 3 is 2.54 bits per heavy atom. The smallest absolute Gasteiger partial charge is 0.292 e. The molecule has 0 spiro atoms. The summed E-state index contributed by atoms with van der Waals surface area (Å²) in [6.07, 6.45) is 0. The summed E-state index contributed by atoms with van der Waals surface area (Å²) in [6, 6.07) is 15.8. The molecular formula is C19H19N5O3S. The van der Waals surface area contributed by atoms with Crippen molar-refractivity contribution in [2.75, 3.05) is 5.32 Å². The minimum absolute atomic E-state index is 0.142. The average molecular weight is 397 g/mol. The quantitative estimate of drug-likeness (QED) is 0.367. The van der Waals surface area contributed by atoms with Crippen molar-refractivity contribution in [1.82, 2.24) is 14.8 Å². The Balaban J connectivity index is 1.76. The Hall–Kier alpha value is -3.20. The number of amides is 1. The van der Waals surface area contributed by atoms with Gasteiger partial charge in [0.25, 0.3) is 5.69 Å². The Morgan fingerprint density at radius 1 is 1.18 bits per heavy atom. The van der Waals surface area contributed by atoms with Gasteiger partial charge in [-0.25, -0.2) is 0 Å². The van der Waals surface area contributed by atoms with Gasteiger partial charge in [0.2, 0.25) is 5.91 Å². The summed E-state index contributed by atoms with van der Waals surface area (Å²) in [4.78, 5) is 23.1. The van der Waals surface area contributed by atoms with Crippen molar-refractivity contribution in [3.63, 3.8) is 0 Å². The number of carbonyl (C=O) groups is 1. The molecule has 8 nitrogen and oxygen atoms in total. The maximum atomic E-state index is 12.6. The number of nitro benzene ring substituents is 1. The molecule has 0 saturated heterocycles. The summed E-state index contributed by atoms with van der Waals surface area (Å²) in [5.74, 6) is 0.392. The highest BCUT2D eigenvalue weighted by molar-refractivity contribution is 8.00. The molecule has 1 heterocycles. The van der Waals surface area contributed by atoms with Crippen LogP contribution in [0.3, 0.4) is 0 Å². The second kappa shape index (κ2) is 8.66. The number of rotatable bonds is 7. The first kappa shape index (κ1) is 19.6. The minimum atomic E-state index is -0.521. The molecule has 3 aromatic rings.